The smallest absolute Gasteiger partial charge is 0.0576 e. The largest absolute Gasteiger partial charge is 0.378 e. The topological polar surface area (TPSA) is 35.2 Å². The van der Waals surface area contributed by atoms with Crippen LogP contribution in [0.4, 0.5) is 0 Å². The Labute approximate surface area is 92.0 Å². The highest BCUT2D eigenvalue weighted by molar-refractivity contribution is 7.99. The van der Waals surface area contributed by atoms with Gasteiger partial charge in [0.05, 0.1) is 6.10 Å². The molecule has 84 valence electrons. The molecule has 0 aromatic rings. The zero-order valence-corrected chi connectivity index (χ0v) is 10.2. The highest BCUT2D eigenvalue weighted by Crippen LogP contribution is 2.19. The fourth-order valence-corrected chi connectivity index (χ4v) is 2.66. The molecular formula is C11H23NOS. The average molecular weight is 217 g/mol. The lowest BCUT2D eigenvalue weighted by Gasteiger charge is -2.17. The van der Waals surface area contributed by atoms with Crippen molar-refractivity contribution in [3.05, 3.63) is 0 Å². The van der Waals surface area contributed by atoms with Crippen molar-refractivity contribution in [1.82, 2.24) is 0 Å². The third-order valence-corrected chi connectivity index (χ3v) is 3.84. The molecule has 14 heavy (non-hydrogen) atoms. The van der Waals surface area contributed by atoms with Crippen molar-refractivity contribution in [2.24, 2.45) is 5.73 Å². The van der Waals surface area contributed by atoms with Gasteiger partial charge in [-0.15, -0.1) is 0 Å². The maximum Gasteiger partial charge on any atom is 0.0576 e. The van der Waals surface area contributed by atoms with Crippen LogP contribution in [0.25, 0.3) is 0 Å². The van der Waals surface area contributed by atoms with E-state index in [1.807, 2.05) is 11.8 Å². The van der Waals surface area contributed by atoms with Crippen LogP contribution in [0.1, 0.15) is 39.5 Å². The van der Waals surface area contributed by atoms with Crippen LogP contribution in [0.2, 0.25) is 0 Å². The summed E-state index contributed by atoms with van der Waals surface area (Å²) in [5.41, 5.74) is 5.87. The van der Waals surface area contributed by atoms with E-state index in [1.165, 1.54) is 31.4 Å². The second-order valence-corrected chi connectivity index (χ2v) is 5.92. The number of hydrogen-bond acceptors (Lipinski definition) is 3. The van der Waals surface area contributed by atoms with Crippen LogP contribution in [-0.4, -0.2) is 29.8 Å². The van der Waals surface area contributed by atoms with Gasteiger partial charge in [-0.3, -0.25) is 0 Å². The van der Waals surface area contributed by atoms with Crippen LogP contribution in [0.15, 0.2) is 0 Å². The van der Waals surface area contributed by atoms with Gasteiger partial charge in [0.25, 0.3) is 0 Å². The molecule has 1 aliphatic rings. The molecule has 2 nitrogen and oxygen atoms in total. The first kappa shape index (κ1) is 12.3. The summed E-state index contributed by atoms with van der Waals surface area (Å²) < 4.78 is 5.57. The van der Waals surface area contributed by atoms with E-state index >= 15 is 0 Å². The van der Waals surface area contributed by atoms with Gasteiger partial charge in [0.15, 0.2) is 0 Å². The van der Waals surface area contributed by atoms with Crippen molar-refractivity contribution in [3.63, 3.8) is 0 Å². The highest BCUT2D eigenvalue weighted by Gasteiger charge is 2.15. The lowest BCUT2D eigenvalue weighted by Crippen LogP contribution is -2.34. The Bertz CT molecular complexity index is 150. The van der Waals surface area contributed by atoms with Crippen molar-refractivity contribution < 1.29 is 4.74 Å². The summed E-state index contributed by atoms with van der Waals surface area (Å²) in [5, 5.41) is 0. The summed E-state index contributed by atoms with van der Waals surface area (Å²) in [6, 6.07) is 0. The van der Waals surface area contributed by atoms with Gasteiger partial charge in [-0.25, -0.2) is 0 Å². The summed E-state index contributed by atoms with van der Waals surface area (Å²) >= 11 is 1.96. The summed E-state index contributed by atoms with van der Waals surface area (Å²) in [5.74, 6) is 2.28. The van der Waals surface area contributed by atoms with E-state index in [9.17, 15) is 0 Å². The molecule has 0 bridgehead atoms. The third-order valence-electron chi connectivity index (χ3n) is 2.31. The van der Waals surface area contributed by atoms with E-state index in [4.69, 9.17) is 10.5 Å². The second-order valence-electron chi connectivity index (χ2n) is 4.82. The van der Waals surface area contributed by atoms with Crippen LogP contribution >= 0.6 is 11.8 Å². The first-order valence-corrected chi connectivity index (χ1v) is 6.72. The maximum atomic E-state index is 5.89. The zero-order chi connectivity index (χ0) is 10.4. The minimum absolute atomic E-state index is 0.0193. The maximum absolute atomic E-state index is 5.89. The normalized spacial score (nSPS) is 22.9. The number of hydrogen-bond donors (Lipinski definition) is 1. The molecule has 0 amide bonds. The van der Waals surface area contributed by atoms with Gasteiger partial charge >= 0.3 is 0 Å². The van der Waals surface area contributed by atoms with E-state index in [0.717, 1.165) is 12.4 Å². The molecule has 1 aliphatic heterocycles. The molecule has 1 atom stereocenters. The summed E-state index contributed by atoms with van der Waals surface area (Å²) in [6.07, 6.45) is 5.59. The predicted molar refractivity (Wildman–Crippen MR) is 63.8 cm³/mol. The summed E-state index contributed by atoms with van der Waals surface area (Å²) in [4.78, 5) is 0. The standard InChI is InChI=1S/C11H23NOS/c1-11(2,12)9-14-8-4-6-10-5-3-7-13-10/h10H,3-9,12H2,1-2H3. The Kier molecular flexibility index (Phi) is 5.28. The van der Waals surface area contributed by atoms with Crippen LogP contribution in [0.5, 0.6) is 0 Å². The molecule has 0 saturated carbocycles. The fraction of sp³-hybridized carbons (Fsp3) is 1.00. The Hall–Kier alpha value is 0.270. The van der Waals surface area contributed by atoms with E-state index < -0.39 is 0 Å². The van der Waals surface area contributed by atoms with Crippen molar-refractivity contribution in [2.75, 3.05) is 18.1 Å². The Morgan fingerprint density at radius 1 is 1.50 bits per heavy atom. The van der Waals surface area contributed by atoms with Crippen molar-refractivity contribution in [1.29, 1.82) is 0 Å². The van der Waals surface area contributed by atoms with Crippen LogP contribution < -0.4 is 5.73 Å². The summed E-state index contributed by atoms with van der Waals surface area (Å²) in [7, 11) is 0. The first-order chi connectivity index (χ1) is 6.58. The minimum Gasteiger partial charge on any atom is -0.378 e. The van der Waals surface area contributed by atoms with E-state index in [0.29, 0.717) is 6.10 Å². The van der Waals surface area contributed by atoms with E-state index in [2.05, 4.69) is 13.8 Å². The summed E-state index contributed by atoms with van der Waals surface area (Å²) in [6.45, 7) is 5.15. The molecule has 2 N–H and O–H groups in total. The SMILES string of the molecule is CC(C)(N)CSCCCC1CCCO1. The lowest BCUT2D eigenvalue weighted by molar-refractivity contribution is 0.104. The minimum atomic E-state index is -0.0193. The predicted octanol–water partition coefficient (Wildman–Crippen LogP) is 2.42. The van der Waals surface area contributed by atoms with Gasteiger partial charge in [-0.1, -0.05) is 0 Å². The molecule has 0 aromatic heterocycles. The zero-order valence-electron chi connectivity index (χ0n) is 9.42. The first-order valence-electron chi connectivity index (χ1n) is 5.56. The quantitative estimate of drug-likeness (QED) is 0.694. The number of rotatable bonds is 6. The molecule has 0 radical (unpaired) electrons. The van der Waals surface area contributed by atoms with Gasteiger partial charge in [0.1, 0.15) is 0 Å². The number of ether oxygens (including phenoxy) is 1. The van der Waals surface area contributed by atoms with Gasteiger partial charge in [0.2, 0.25) is 0 Å². The number of thioether (sulfide) groups is 1. The average Bonchev–Trinajstić information content (AvgIpc) is 2.54. The molecule has 0 aromatic carbocycles. The molecule has 1 unspecified atom stereocenters. The van der Waals surface area contributed by atoms with Gasteiger partial charge < -0.3 is 10.5 Å². The molecule has 1 rings (SSSR count). The molecular weight excluding hydrogens is 194 g/mol. The number of nitrogens with two attached hydrogens (primary N) is 1. The molecule has 1 heterocycles. The molecule has 0 spiro atoms. The Morgan fingerprint density at radius 3 is 2.86 bits per heavy atom. The van der Waals surface area contributed by atoms with Crippen LogP contribution in [0.3, 0.4) is 0 Å². The Morgan fingerprint density at radius 2 is 2.29 bits per heavy atom. The Balaban J connectivity index is 1.89. The molecule has 3 heteroatoms. The fourth-order valence-electron chi connectivity index (χ4n) is 1.62. The van der Waals surface area contributed by atoms with Crippen molar-refractivity contribution >= 4 is 11.8 Å². The van der Waals surface area contributed by atoms with Crippen LogP contribution in [0, 0.1) is 0 Å². The highest BCUT2D eigenvalue weighted by atomic mass is 32.2. The van der Waals surface area contributed by atoms with Gasteiger partial charge in [-0.2, -0.15) is 11.8 Å². The van der Waals surface area contributed by atoms with Gasteiger partial charge in [-0.05, 0) is 45.3 Å². The monoisotopic (exact) mass is 217 g/mol. The van der Waals surface area contributed by atoms with Gasteiger partial charge in [0, 0.05) is 17.9 Å². The lowest BCUT2D eigenvalue weighted by atomic mass is 10.1. The molecule has 0 aliphatic carbocycles. The molecule has 1 fully saturated rings. The molecule has 1 saturated heterocycles. The van der Waals surface area contributed by atoms with Crippen molar-refractivity contribution in [3.8, 4) is 0 Å². The van der Waals surface area contributed by atoms with Crippen molar-refractivity contribution in [2.45, 2.75) is 51.2 Å². The van der Waals surface area contributed by atoms with E-state index in [-0.39, 0.29) is 5.54 Å². The third kappa shape index (κ3) is 5.89. The van der Waals surface area contributed by atoms with Crippen LogP contribution in [-0.2, 0) is 4.74 Å². The van der Waals surface area contributed by atoms with E-state index in [1.54, 1.807) is 0 Å². The second kappa shape index (κ2) is 5.99.